The molecular weight excluding hydrogens is 332 g/mol. The molecule has 1 aromatic heterocycles. The number of hydrogen-bond donors (Lipinski definition) is 1. The van der Waals surface area contributed by atoms with Crippen LogP contribution in [0.1, 0.15) is 10.4 Å². The van der Waals surface area contributed by atoms with E-state index >= 15 is 0 Å². The van der Waals surface area contributed by atoms with Gasteiger partial charge in [0.2, 0.25) is 0 Å². The molecule has 1 N–H and O–H groups in total. The van der Waals surface area contributed by atoms with Gasteiger partial charge in [-0.25, -0.2) is 4.98 Å². The molecule has 0 atom stereocenters. The second kappa shape index (κ2) is 7.89. The zero-order valence-electron chi connectivity index (χ0n) is 13.3. The first-order chi connectivity index (χ1) is 12.1. The highest BCUT2D eigenvalue weighted by molar-refractivity contribution is 6.06. The topological polar surface area (TPSA) is 63.7 Å². The van der Waals surface area contributed by atoms with Crippen LogP contribution in [0.3, 0.4) is 0 Å². The average molecular weight is 349 g/mol. The Balaban J connectivity index is 1.69. The molecule has 1 aliphatic heterocycles. The number of carbonyl (C=O) groups is 1. The largest absolute Gasteiger partial charge is 0.434 e. The molecule has 0 spiro atoms. The first-order valence-corrected chi connectivity index (χ1v) is 7.77. The first-order valence-electron chi connectivity index (χ1n) is 7.77. The van der Waals surface area contributed by atoms with E-state index in [0.29, 0.717) is 18.9 Å². The number of anilines is 2. The van der Waals surface area contributed by atoms with Gasteiger partial charge in [-0.05, 0) is 24.3 Å². The Labute approximate surface area is 143 Å². The van der Waals surface area contributed by atoms with Gasteiger partial charge in [0.25, 0.3) is 5.91 Å². The van der Waals surface area contributed by atoms with E-state index in [2.05, 4.69) is 19.9 Å². The number of carbonyl (C=O) groups excluding carboxylic acids is 1. The normalized spacial score (nSPS) is 14.4. The number of halogens is 2. The SMILES string of the molecule is O=C(Nc1ccc(N2CCOCC2)nc1)c1ccccc1OC(F)F. The molecule has 0 radical (unpaired) electrons. The van der Waals surface area contributed by atoms with Crippen molar-refractivity contribution in [3.8, 4) is 5.75 Å². The van der Waals surface area contributed by atoms with Gasteiger partial charge in [-0.15, -0.1) is 0 Å². The highest BCUT2D eigenvalue weighted by Crippen LogP contribution is 2.22. The van der Waals surface area contributed by atoms with Crippen LogP contribution in [-0.2, 0) is 4.74 Å². The first kappa shape index (κ1) is 17.1. The third kappa shape index (κ3) is 4.42. The number of para-hydroxylation sites is 1. The molecule has 132 valence electrons. The summed E-state index contributed by atoms with van der Waals surface area (Å²) in [5.41, 5.74) is 0.494. The highest BCUT2D eigenvalue weighted by Gasteiger charge is 2.16. The Morgan fingerprint density at radius 3 is 2.64 bits per heavy atom. The Morgan fingerprint density at radius 2 is 1.96 bits per heavy atom. The lowest BCUT2D eigenvalue weighted by molar-refractivity contribution is -0.0501. The van der Waals surface area contributed by atoms with Crippen LogP contribution in [0.5, 0.6) is 5.75 Å². The summed E-state index contributed by atoms with van der Waals surface area (Å²) < 4.78 is 34.5. The highest BCUT2D eigenvalue weighted by atomic mass is 19.3. The van der Waals surface area contributed by atoms with E-state index < -0.39 is 12.5 Å². The van der Waals surface area contributed by atoms with Crippen LogP contribution in [0.2, 0.25) is 0 Å². The molecule has 2 heterocycles. The minimum absolute atomic E-state index is 0.0278. The standard InChI is InChI=1S/C17H17F2N3O3/c18-17(19)25-14-4-2-1-3-13(14)16(23)21-12-5-6-15(20-11-12)22-7-9-24-10-8-22/h1-6,11,17H,7-10H2,(H,21,23). The number of ether oxygens (including phenoxy) is 2. The zero-order valence-corrected chi connectivity index (χ0v) is 13.3. The maximum atomic E-state index is 12.4. The van der Waals surface area contributed by atoms with Gasteiger partial charge in [0.15, 0.2) is 0 Å². The molecule has 25 heavy (non-hydrogen) atoms. The third-order valence-electron chi connectivity index (χ3n) is 3.69. The lowest BCUT2D eigenvalue weighted by atomic mass is 10.2. The van der Waals surface area contributed by atoms with Gasteiger partial charge in [0, 0.05) is 13.1 Å². The van der Waals surface area contributed by atoms with E-state index in [9.17, 15) is 13.6 Å². The predicted molar refractivity (Wildman–Crippen MR) is 88.3 cm³/mol. The van der Waals surface area contributed by atoms with Crippen molar-refractivity contribution in [3.63, 3.8) is 0 Å². The number of morpholine rings is 1. The second-order valence-corrected chi connectivity index (χ2v) is 5.33. The van der Waals surface area contributed by atoms with Gasteiger partial charge in [-0.2, -0.15) is 8.78 Å². The zero-order chi connectivity index (χ0) is 17.6. The molecule has 1 fully saturated rings. The quantitative estimate of drug-likeness (QED) is 0.899. The Morgan fingerprint density at radius 1 is 1.20 bits per heavy atom. The van der Waals surface area contributed by atoms with E-state index in [0.717, 1.165) is 18.9 Å². The Kier molecular flexibility index (Phi) is 5.39. The van der Waals surface area contributed by atoms with Crippen LogP contribution in [0.4, 0.5) is 20.3 Å². The van der Waals surface area contributed by atoms with E-state index in [1.807, 2.05) is 0 Å². The number of nitrogens with one attached hydrogen (secondary N) is 1. The molecule has 6 nitrogen and oxygen atoms in total. The average Bonchev–Trinajstić information content (AvgIpc) is 2.63. The van der Waals surface area contributed by atoms with Crippen LogP contribution in [0, 0.1) is 0 Å². The number of alkyl halides is 2. The van der Waals surface area contributed by atoms with Crippen molar-refractivity contribution in [1.29, 1.82) is 0 Å². The van der Waals surface area contributed by atoms with Crippen LogP contribution in [0.15, 0.2) is 42.6 Å². The smallest absolute Gasteiger partial charge is 0.387 e. The van der Waals surface area contributed by atoms with Gasteiger partial charge in [-0.1, -0.05) is 12.1 Å². The molecular formula is C17H17F2N3O3. The van der Waals surface area contributed by atoms with Gasteiger partial charge in [0.05, 0.1) is 30.7 Å². The summed E-state index contributed by atoms with van der Waals surface area (Å²) in [7, 11) is 0. The summed E-state index contributed by atoms with van der Waals surface area (Å²) in [5, 5.41) is 2.63. The molecule has 0 bridgehead atoms. The van der Waals surface area contributed by atoms with Crippen LogP contribution in [0.25, 0.3) is 0 Å². The van der Waals surface area contributed by atoms with Crippen LogP contribution >= 0.6 is 0 Å². The van der Waals surface area contributed by atoms with Crippen molar-refractivity contribution in [2.45, 2.75) is 6.61 Å². The van der Waals surface area contributed by atoms with Gasteiger partial charge >= 0.3 is 6.61 Å². The van der Waals surface area contributed by atoms with Crippen molar-refractivity contribution < 1.29 is 23.0 Å². The van der Waals surface area contributed by atoms with E-state index in [1.54, 1.807) is 18.2 Å². The number of benzene rings is 1. The number of aromatic nitrogens is 1. The number of rotatable bonds is 5. The van der Waals surface area contributed by atoms with Crippen molar-refractivity contribution in [1.82, 2.24) is 4.98 Å². The van der Waals surface area contributed by atoms with E-state index in [1.165, 1.54) is 24.4 Å². The number of pyridine rings is 1. The van der Waals surface area contributed by atoms with Gasteiger partial charge in [0.1, 0.15) is 11.6 Å². The van der Waals surface area contributed by atoms with Crippen molar-refractivity contribution in [3.05, 3.63) is 48.2 Å². The van der Waals surface area contributed by atoms with Crippen LogP contribution < -0.4 is 15.0 Å². The molecule has 0 unspecified atom stereocenters. The van der Waals surface area contributed by atoms with Crippen molar-refractivity contribution in [2.75, 3.05) is 36.5 Å². The summed E-state index contributed by atoms with van der Waals surface area (Å²) in [4.78, 5) is 18.7. The summed E-state index contributed by atoms with van der Waals surface area (Å²) in [6, 6.07) is 9.35. The van der Waals surface area contributed by atoms with Gasteiger partial charge in [-0.3, -0.25) is 4.79 Å². The maximum absolute atomic E-state index is 12.4. The lowest BCUT2D eigenvalue weighted by Gasteiger charge is -2.27. The van der Waals surface area contributed by atoms with Crippen molar-refractivity contribution in [2.24, 2.45) is 0 Å². The molecule has 1 amide bonds. The predicted octanol–water partition coefficient (Wildman–Crippen LogP) is 2.77. The molecule has 0 aliphatic carbocycles. The Bertz CT molecular complexity index is 719. The summed E-state index contributed by atoms with van der Waals surface area (Å²) >= 11 is 0. The maximum Gasteiger partial charge on any atom is 0.387 e. The fourth-order valence-corrected chi connectivity index (χ4v) is 2.49. The lowest BCUT2D eigenvalue weighted by Crippen LogP contribution is -2.36. The van der Waals surface area contributed by atoms with Crippen LogP contribution in [-0.4, -0.2) is 43.8 Å². The fourth-order valence-electron chi connectivity index (χ4n) is 2.49. The van der Waals surface area contributed by atoms with E-state index in [-0.39, 0.29) is 11.3 Å². The molecule has 8 heteroatoms. The third-order valence-corrected chi connectivity index (χ3v) is 3.69. The minimum atomic E-state index is -3.00. The monoisotopic (exact) mass is 349 g/mol. The summed E-state index contributed by atoms with van der Waals surface area (Å²) in [6.07, 6.45) is 1.53. The number of hydrogen-bond acceptors (Lipinski definition) is 5. The van der Waals surface area contributed by atoms with E-state index in [4.69, 9.17) is 4.74 Å². The molecule has 1 saturated heterocycles. The molecule has 0 saturated carbocycles. The molecule has 2 aromatic rings. The summed E-state index contributed by atoms with van der Waals surface area (Å²) in [6.45, 7) is -0.167. The molecule has 3 rings (SSSR count). The van der Waals surface area contributed by atoms with Crippen molar-refractivity contribution >= 4 is 17.4 Å². The Hall–Kier alpha value is -2.74. The summed E-state index contributed by atoms with van der Waals surface area (Å²) in [5.74, 6) is 0.0767. The second-order valence-electron chi connectivity index (χ2n) is 5.33. The fraction of sp³-hybridized carbons (Fsp3) is 0.294. The number of nitrogens with zero attached hydrogens (tertiary/aromatic N) is 2. The van der Waals surface area contributed by atoms with Gasteiger partial charge < -0.3 is 19.7 Å². The number of amides is 1. The minimum Gasteiger partial charge on any atom is -0.434 e. The molecule has 1 aromatic carbocycles. The molecule has 1 aliphatic rings.